The number of carbonyl (C=O) groups excluding carboxylic acids is 2. The van der Waals surface area contributed by atoms with Crippen molar-refractivity contribution in [3.05, 3.63) is 94.0 Å². The highest BCUT2D eigenvalue weighted by molar-refractivity contribution is 5.87. The summed E-state index contributed by atoms with van der Waals surface area (Å²) in [5.74, 6) is 0.747. The van der Waals surface area contributed by atoms with Crippen molar-refractivity contribution in [1.29, 1.82) is 0 Å². The maximum atomic E-state index is 12.9. The van der Waals surface area contributed by atoms with Gasteiger partial charge < -0.3 is 19.5 Å². The third-order valence-electron chi connectivity index (χ3n) is 6.04. The summed E-state index contributed by atoms with van der Waals surface area (Å²) in [6, 6.07) is 18.3. The van der Waals surface area contributed by atoms with Crippen LogP contribution in [0.4, 0.5) is 4.79 Å². The number of aryl methyl sites for hydroxylation is 3. The molecule has 3 aromatic carbocycles. The first-order chi connectivity index (χ1) is 18.8. The number of alkyl carbamates (subject to hydrolysis) is 1. The normalized spacial score (nSPS) is 11.6. The van der Waals surface area contributed by atoms with Crippen LogP contribution in [0.1, 0.15) is 47.2 Å². The van der Waals surface area contributed by atoms with Gasteiger partial charge in [-0.15, -0.1) is 0 Å². The van der Waals surface area contributed by atoms with Gasteiger partial charge in [-0.2, -0.15) is 5.10 Å². The molecule has 0 bridgehead atoms. The summed E-state index contributed by atoms with van der Waals surface area (Å²) in [5.41, 5.74) is 8.88. The largest absolute Gasteiger partial charge is 0.490 e. The Kier molecular flexibility index (Phi) is 10.9. The predicted octanol–water partition coefficient (Wildman–Crippen LogP) is 5.40. The van der Waals surface area contributed by atoms with Gasteiger partial charge in [0.1, 0.15) is 12.6 Å². The maximum absolute atomic E-state index is 12.9. The van der Waals surface area contributed by atoms with Crippen molar-refractivity contribution in [2.75, 3.05) is 13.2 Å². The number of amides is 2. The van der Waals surface area contributed by atoms with Crippen molar-refractivity contribution in [1.82, 2.24) is 10.7 Å². The SMILES string of the molecule is CCOC(=O)N[C@@H](Cc1ccccc1)C(=O)N/N=C\c1ccc(OCc2c(C)cc(C)cc2C)c(OCC)c1. The molecule has 2 amide bonds. The Morgan fingerprint density at radius 3 is 2.28 bits per heavy atom. The summed E-state index contributed by atoms with van der Waals surface area (Å²) in [6.07, 6.45) is 1.15. The first-order valence-electron chi connectivity index (χ1n) is 13.1. The standard InChI is InChI=1S/C31H37N3O5/c1-6-37-29-18-25(13-14-28(29)39-20-26-22(4)15-21(3)16-23(26)5)19-32-34-30(35)27(33-31(36)38-7-2)17-24-11-9-8-10-12-24/h8-16,18-19,27H,6-7,17,20H2,1-5H3,(H,33,36)(H,34,35)/b32-19-/t27-/m0/s1. The monoisotopic (exact) mass is 531 g/mol. The Morgan fingerprint density at radius 2 is 1.62 bits per heavy atom. The van der Waals surface area contributed by atoms with Gasteiger partial charge in [-0.05, 0) is 80.6 Å². The van der Waals surface area contributed by atoms with Crippen LogP contribution in [0.25, 0.3) is 0 Å². The minimum Gasteiger partial charge on any atom is -0.490 e. The smallest absolute Gasteiger partial charge is 0.407 e. The molecule has 206 valence electrons. The molecule has 0 saturated carbocycles. The Hall–Kier alpha value is -4.33. The zero-order valence-corrected chi connectivity index (χ0v) is 23.2. The molecule has 2 N–H and O–H groups in total. The zero-order valence-electron chi connectivity index (χ0n) is 23.2. The van der Waals surface area contributed by atoms with Gasteiger partial charge in [0, 0.05) is 6.42 Å². The van der Waals surface area contributed by atoms with E-state index in [9.17, 15) is 9.59 Å². The van der Waals surface area contributed by atoms with Crippen LogP contribution >= 0.6 is 0 Å². The summed E-state index contributed by atoms with van der Waals surface area (Å²) in [4.78, 5) is 24.8. The van der Waals surface area contributed by atoms with Crippen LogP contribution in [0.2, 0.25) is 0 Å². The molecule has 8 heteroatoms. The van der Waals surface area contributed by atoms with Gasteiger partial charge in [0.15, 0.2) is 11.5 Å². The molecule has 0 spiro atoms. The molecule has 0 aliphatic carbocycles. The molecule has 8 nitrogen and oxygen atoms in total. The molecular formula is C31H37N3O5. The second kappa shape index (κ2) is 14.6. The van der Waals surface area contributed by atoms with E-state index < -0.39 is 18.0 Å². The number of nitrogens with one attached hydrogen (secondary N) is 2. The molecule has 3 aromatic rings. The Morgan fingerprint density at radius 1 is 0.897 bits per heavy atom. The van der Waals surface area contributed by atoms with E-state index in [1.165, 1.54) is 22.9 Å². The van der Waals surface area contributed by atoms with Crippen LogP contribution < -0.4 is 20.2 Å². The summed E-state index contributed by atoms with van der Waals surface area (Å²) in [5, 5.41) is 6.70. The van der Waals surface area contributed by atoms with Crippen molar-refractivity contribution in [2.45, 2.75) is 53.7 Å². The number of hydrogen-bond donors (Lipinski definition) is 2. The topological polar surface area (TPSA) is 98.2 Å². The molecule has 0 aliphatic rings. The first-order valence-corrected chi connectivity index (χ1v) is 13.1. The molecular weight excluding hydrogens is 494 g/mol. The summed E-state index contributed by atoms with van der Waals surface area (Å²) < 4.78 is 16.9. The van der Waals surface area contributed by atoms with E-state index in [1.807, 2.05) is 55.5 Å². The molecule has 0 fully saturated rings. The van der Waals surface area contributed by atoms with Crippen molar-refractivity contribution >= 4 is 18.2 Å². The Balaban J connectivity index is 1.68. The number of ether oxygens (including phenoxy) is 3. The highest BCUT2D eigenvalue weighted by Gasteiger charge is 2.21. The lowest BCUT2D eigenvalue weighted by molar-refractivity contribution is -0.123. The van der Waals surface area contributed by atoms with Crippen molar-refractivity contribution in [3.8, 4) is 11.5 Å². The average molecular weight is 532 g/mol. The van der Waals surface area contributed by atoms with E-state index >= 15 is 0 Å². The van der Waals surface area contributed by atoms with Crippen molar-refractivity contribution in [3.63, 3.8) is 0 Å². The molecule has 0 radical (unpaired) electrons. The molecule has 39 heavy (non-hydrogen) atoms. The van der Waals surface area contributed by atoms with Gasteiger partial charge in [0.05, 0.1) is 19.4 Å². The zero-order chi connectivity index (χ0) is 28.2. The van der Waals surface area contributed by atoms with Gasteiger partial charge >= 0.3 is 6.09 Å². The first kappa shape index (κ1) is 29.2. The van der Waals surface area contributed by atoms with Crippen LogP contribution in [0.5, 0.6) is 11.5 Å². The van der Waals surface area contributed by atoms with Gasteiger partial charge in [0.25, 0.3) is 5.91 Å². The predicted molar refractivity (Wildman–Crippen MR) is 152 cm³/mol. The van der Waals surface area contributed by atoms with Gasteiger partial charge in [-0.3, -0.25) is 4.79 Å². The number of hydrogen-bond acceptors (Lipinski definition) is 6. The summed E-state index contributed by atoms with van der Waals surface area (Å²) >= 11 is 0. The van der Waals surface area contributed by atoms with Crippen LogP contribution in [0, 0.1) is 20.8 Å². The summed E-state index contributed by atoms with van der Waals surface area (Å²) in [6.45, 7) is 11.0. The Bertz CT molecular complexity index is 1270. The molecule has 0 aliphatic heterocycles. The maximum Gasteiger partial charge on any atom is 0.407 e. The second-order valence-electron chi connectivity index (χ2n) is 9.15. The molecule has 0 unspecified atom stereocenters. The third kappa shape index (κ3) is 8.88. The fraction of sp³-hybridized carbons (Fsp3) is 0.323. The number of benzene rings is 3. The number of nitrogens with zero attached hydrogens (tertiary/aromatic N) is 1. The minimum atomic E-state index is -0.855. The number of rotatable bonds is 12. The van der Waals surface area contributed by atoms with Crippen LogP contribution in [0.3, 0.4) is 0 Å². The second-order valence-corrected chi connectivity index (χ2v) is 9.15. The van der Waals surface area contributed by atoms with Crippen LogP contribution in [-0.2, 0) is 22.6 Å². The number of hydrazone groups is 1. The fourth-order valence-electron chi connectivity index (χ4n) is 4.20. The lowest BCUT2D eigenvalue weighted by Gasteiger charge is -2.17. The van der Waals surface area contributed by atoms with Crippen LogP contribution in [0.15, 0.2) is 65.8 Å². The minimum absolute atomic E-state index is 0.204. The van der Waals surface area contributed by atoms with E-state index in [1.54, 1.807) is 6.92 Å². The van der Waals surface area contributed by atoms with Crippen LogP contribution in [-0.4, -0.2) is 37.5 Å². The van der Waals surface area contributed by atoms with Crippen molar-refractivity contribution in [2.24, 2.45) is 5.10 Å². The number of carbonyl (C=O) groups is 2. The molecule has 0 saturated heterocycles. The lowest BCUT2D eigenvalue weighted by atomic mass is 10.0. The molecule has 3 rings (SSSR count). The highest BCUT2D eigenvalue weighted by Crippen LogP contribution is 2.30. The lowest BCUT2D eigenvalue weighted by Crippen LogP contribution is -2.47. The highest BCUT2D eigenvalue weighted by atomic mass is 16.5. The van der Waals surface area contributed by atoms with Gasteiger partial charge in [-0.25, -0.2) is 10.2 Å². The van der Waals surface area contributed by atoms with E-state index in [4.69, 9.17) is 14.2 Å². The van der Waals surface area contributed by atoms with E-state index in [0.29, 0.717) is 36.7 Å². The average Bonchev–Trinajstić information content (AvgIpc) is 2.89. The third-order valence-corrected chi connectivity index (χ3v) is 6.04. The molecule has 1 atom stereocenters. The van der Waals surface area contributed by atoms with E-state index in [-0.39, 0.29) is 6.61 Å². The summed E-state index contributed by atoms with van der Waals surface area (Å²) in [7, 11) is 0. The van der Waals surface area contributed by atoms with Crippen molar-refractivity contribution < 1.29 is 23.8 Å². The van der Waals surface area contributed by atoms with Gasteiger partial charge in [-0.1, -0.05) is 48.0 Å². The molecule has 0 heterocycles. The fourth-order valence-corrected chi connectivity index (χ4v) is 4.20. The quantitative estimate of drug-likeness (QED) is 0.241. The van der Waals surface area contributed by atoms with E-state index in [2.05, 4.69) is 48.7 Å². The van der Waals surface area contributed by atoms with E-state index in [0.717, 1.165) is 11.1 Å². The molecule has 0 aromatic heterocycles. The van der Waals surface area contributed by atoms with Gasteiger partial charge in [0.2, 0.25) is 0 Å². The Labute approximate surface area is 230 Å².